The van der Waals surface area contributed by atoms with Crippen LogP contribution in [0.15, 0.2) is 12.1 Å². The average molecular weight is 298 g/mol. The summed E-state index contributed by atoms with van der Waals surface area (Å²) in [4.78, 5) is 0. The Labute approximate surface area is 124 Å². The molecule has 1 saturated heterocycles. The van der Waals surface area contributed by atoms with E-state index in [-0.39, 0.29) is 11.9 Å². The highest BCUT2D eigenvalue weighted by atomic mass is 19.1. The molecule has 0 aliphatic carbocycles. The van der Waals surface area contributed by atoms with E-state index in [2.05, 4.69) is 0 Å². The Morgan fingerprint density at radius 1 is 1.10 bits per heavy atom. The molecule has 1 fully saturated rings. The lowest BCUT2D eigenvalue weighted by Crippen LogP contribution is -2.41. The van der Waals surface area contributed by atoms with Crippen molar-refractivity contribution in [2.45, 2.75) is 58.3 Å². The number of rotatable bonds is 3. The summed E-state index contributed by atoms with van der Waals surface area (Å²) >= 11 is 0. The monoisotopic (exact) mass is 298 g/mol. The van der Waals surface area contributed by atoms with Crippen molar-refractivity contribution in [2.75, 3.05) is 0 Å². The van der Waals surface area contributed by atoms with Crippen LogP contribution in [0.2, 0.25) is 0 Å². The van der Waals surface area contributed by atoms with Crippen LogP contribution >= 0.6 is 0 Å². The van der Waals surface area contributed by atoms with Gasteiger partial charge in [0.2, 0.25) is 0 Å². The Morgan fingerprint density at radius 3 is 1.90 bits per heavy atom. The molecule has 1 atom stereocenters. The molecular formula is C15H21BF2O3. The van der Waals surface area contributed by atoms with Crippen molar-refractivity contribution in [1.29, 1.82) is 0 Å². The molecule has 0 spiro atoms. The molecule has 0 aromatic heterocycles. The molecule has 1 heterocycles. The summed E-state index contributed by atoms with van der Waals surface area (Å²) < 4.78 is 39.8. The van der Waals surface area contributed by atoms with E-state index >= 15 is 0 Å². The SMILES string of the molecule is CC(O)Cc1cc(F)c(B2OC(C)(C)C(C)(C)O2)c(F)c1. The number of halogens is 2. The average Bonchev–Trinajstić information content (AvgIpc) is 2.44. The lowest BCUT2D eigenvalue weighted by molar-refractivity contribution is 0.00578. The molecule has 116 valence electrons. The highest BCUT2D eigenvalue weighted by molar-refractivity contribution is 6.62. The third-order valence-corrected chi connectivity index (χ3v) is 4.16. The number of aliphatic hydroxyl groups excluding tert-OH is 1. The Kier molecular flexibility index (Phi) is 4.17. The molecule has 0 radical (unpaired) electrons. The predicted octanol–water partition coefficient (Wildman–Crippen LogP) is 2.19. The second-order valence-electron chi connectivity index (χ2n) is 6.61. The number of benzene rings is 1. The van der Waals surface area contributed by atoms with Crippen LogP contribution in [0.4, 0.5) is 8.78 Å². The minimum absolute atomic E-state index is 0.192. The highest BCUT2D eigenvalue weighted by Crippen LogP contribution is 2.36. The molecule has 1 N–H and O–H groups in total. The quantitative estimate of drug-likeness (QED) is 0.869. The van der Waals surface area contributed by atoms with Crippen LogP contribution in [-0.4, -0.2) is 29.5 Å². The molecule has 1 unspecified atom stereocenters. The van der Waals surface area contributed by atoms with Gasteiger partial charge in [0.05, 0.1) is 22.8 Å². The first-order valence-corrected chi connectivity index (χ1v) is 7.05. The Bertz CT molecular complexity index is 505. The molecule has 1 aliphatic heterocycles. The van der Waals surface area contributed by atoms with Crippen molar-refractivity contribution in [3.05, 3.63) is 29.3 Å². The normalized spacial score (nSPS) is 21.6. The summed E-state index contributed by atoms with van der Waals surface area (Å²) in [6.07, 6.45) is -0.469. The summed E-state index contributed by atoms with van der Waals surface area (Å²) in [5.74, 6) is -1.44. The topological polar surface area (TPSA) is 38.7 Å². The lowest BCUT2D eigenvalue weighted by atomic mass is 9.77. The third-order valence-electron chi connectivity index (χ3n) is 4.16. The Hall–Kier alpha value is -0.975. The van der Waals surface area contributed by atoms with Gasteiger partial charge in [-0.05, 0) is 58.7 Å². The second kappa shape index (κ2) is 5.34. The molecule has 3 nitrogen and oxygen atoms in total. The minimum Gasteiger partial charge on any atom is -0.399 e. The van der Waals surface area contributed by atoms with Crippen LogP contribution in [0, 0.1) is 11.6 Å². The van der Waals surface area contributed by atoms with Gasteiger partial charge in [0, 0.05) is 0 Å². The maximum atomic E-state index is 14.2. The summed E-state index contributed by atoms with van der Waals surface area (Å²) in [6.45, 7) is 8.86. The van der Waals surface area contributed by atoms with Gasteiger partial charge in [-0.1, -0.05) is 0 Å². The minimum atomic E-state index is -1.07. The van der Waals surface area contributed by atoms with Gasteiger partial charge in [-0.15, -0.1) is 0 Å². The van der Waals surface area contributed by atoms with E-state index in [1.807, 2.05) is 27.7 Å². The molecule has 2 rings (SSSR count). The van der Waals surface area contributed by atoms with Gasteiger partial charge in [-0.25, -0.2) is 8.78 Å². The van der Waals surface area contributed by atoms with Crippen LogP contribution in [0.1, 0.15) is 40.2 Å². The fourth-order valence-corrected chi connectivity index (χ4v) is 2.28. The molecule has 0 amide bonds. The van der Waals surface area contributed by atoms with E-state index in [9.17, 15) is 13.9 Å². The van der Waals surface area contributed by atoms with E-state index in [0.717, 1.165) is 0 Å². The van der Waals surface area contributed by atoms with Crippen molar-refractivity contribution in [3.63, 3.8) is 0 Å². The maximum absolute atomic E-state index is 14.2. The highest BCUT2D eigenvalue weighted by Gasteiger charge is 2.53. The number of aliphatic hydroxyl groups is 1. The first-order chi connectivity index (χ1) is 9.53. The van der Waals surface area contributed by atoms with Gasteiger partial charge >= 0.3 is 7.12 Å². The Morgan fingerprint density at radius 2 is 1.52 bits per heavy atom. The number of hydrogen-bond acceptors (Lipinski definition) is 3. The summed E-state index contributed by atoms with van der Waals surface area (Å²) in [6, 6.07) is 2.44. The van der Waals surface area contributed by atoms with Crippen LogP contribution in [0.3, 0.4) is 0 Å². The molecule has 21 heavy (non-hydrogen) atoms. The molecular weight excluding hydrogens is 277 g/mol. The van der Waals surface area contributed by atoms with E-state index in [1.165, 1.54) is 12.1 Å². The summed E-state index contributed by atoms with van der Waals surface area (Å²) in [5, 5.41) is 9.31. The maximum Gasteiger partial charge on any atom is 0.500 e. The zero-order chi connectivity index (χ0) is 16.0. The first-order valence-electron chi connectivity index (χ1n) is 7.05. The Balaban J connectivity index is 2.34. The van der Waals surface area contributed by atoms with Gasteiger partial charge in [0.15, 0.2) is 0 Å². The lowest BCUT2D eigenvalue weighted by Gasteiger charge is -2.32. The van der Waals surface area contributed by atoms with Gasteiger partial charge in [-0.3, -0.25) is 0 Å². The van der Waals surface area contributed by atoms with Crippen molar-refractivity contribution < 1.29 is 23.2 Å². The van der Waals surface area contributed by atoms with Crippen LogP contribution in [0.5, 0.6) is 0 Å². The summed E-state index contributed by atoms with van der Waals surface area (Å²) in [7, 11) is -1.07. The molecule has 1 aromatic carbocycles. The predicted molar refractivity (Wildman–Crippen MR) is 77.5 cm³/mol. The third kappa shape index (κ3) is 3.12. The molecule has 6 heteroatoms. The van der Waals surface area contributed by atoms with E-state index in [0.29, 0.717) is 5.56 Å². The largest absolute Gasteiger partial charge is 0.500 e. The molecule has 0 bridgehead atoms. The zero-order valence-electron chi connectivity index (χ0n) is 13.0. The molecule has 1 aliphatic rings. The summed E-state index contributed by atoms with van der Waals surface area (Å²) in [5.41, 5.74) is -1.13. The fraction of sp³-hybridized carbons (Fsp3) is 0.600. The molecule has 0 saturated carbocycles. The fourth-order valence-electron chi connectivity index (χ4n) is 2.28. The van der Waals surface area contributed by atoms with E-state index in [1.54, 1.807) is 6.92 Å². The van der Waals surface area contributed by atoms with E-state index in [4.69, 9.17) is 9.31 Å². The van der Waals surface area contributed by atoms with E-state index < -0.39 is 36.1 Å². The van der Waals surface area contributed by atoms with Gasteiger partial charge < -0.3 is 14.4 Å². The zero-order valence-corrected chi connectivity index (χ0v) is 13.0. The van der Waals surface area contributed by atoms with Crippen LogP contribution in [-0.2, 0) is 15.7 Å². The van der Waals surface area contributed by atoms with Crippen LogP contribution < -0.4 is 5.46 Å². The van der Waals surface area contributed by atoms with Gasteiger partial charge in [0.1, 0.15) is 11.6 Å². The molecule has 1 aromatic rings. The smallest absolute Gasteiger partial charge is 0.399 e. The standard InChI is InChI=1S/C15H21BF2O3/c1-9(19)6-10-7-11(17)13(12(18)8-10)16-20-14(2,3)15(4,5)21-16/h7-9,19H,6H2,1-5H3. The second-order valence-corrected chi connectivity index (χ2v) is 6.61. The number of hydrogen-bond donors (Lipinski definition) is 1. The van der Waals surface area contributed by atoms with Crippen LogP contribution in [0.25, 0.3) is 0 Å². The van der Waals surface area contributed by atoms with Crippen molar-refractivity contribution in [3.8, 4) is 0 Å². The van der Waals surface area contributed by atoms with Crippen molar-refractivity contribution in [1.82, 2.24) is 0 Å². The first kappa shape index (κ1) is 16.4. The van der Waals surface area contributed by atoms with Crippen molar-refractivity contribution >= 4 is 12.6 Å². The van der Waals surface area contributed by atoms with Gasteiger partial charge in [0.25, 0.3) is 0 Å². The van der Waals surface area contributed by atoms with Crippen molar-refractivity contribution in [2.24, 2.45) is 0 Å². The van der Waals surface area contributed by atoms with Gasteiger partial charge in [-0.2, -0.15) is 0 Å².